The van der Waals surface area contributed by atoms with E-state index < -0.39 is 0 Å². The summed E-state index contributed by atoms with van der Waals surface area (Å²) in [7, 11) is 2.99. The average Bonchev–Trinajstić information content (AvgIpc) is 2.43. The topological polar surface area (TPSA) is 58.3 Å². The minimum atomic E-state index is 0.349. The number of ether oxygens (including phenoxy) is 2. The summed E-state index contributed by atoms with van der Waals surface area (Å²) < 4.78 is 10.9. The van der Waals surface area contributed by atoms with Crippen LogP contribution in [0.2, 0.25) is 5.02 Å². The van der Waals surface area contributed by atoms with Gasteiger partial charge in [0.25, 0.3) is 0 Å². The van der Waals surface area contributed by atoms with Crippen molar-refractivity contribution in [2.75, 3.05) is 14.2 Å². The number of nitrogens with zero attached hydrogens (tertiary/aromatic N) is 2. The van der Waals surface area contributed by atoms with Crippen LogP contribution >= 0.6 is 11.6 Å². The van der Waals surface area contributed by atoms with Crippen LogP contribution in [0.25, 0.3) is 11.4 Å². The fraction of sp³-hybridized carbons (Fsp3) is 0.231. The molecule has 2 aromatic rings. The van der Waals surface area contributed by atoms with Gasteiger partial charge < -0.3 is 14.7 Å². The third-order valence-electron chi connectivity index (χ3n) is 2.73. The lowest BCUT2D eigenvalue weighted by Crippen LogP contribution is -2.33. The van der Waals surface area contributed by atoms with Crippen LogP contribution in [0.4, 0.5) is 0 Å². The fourth-order valence-corrected chi connectivity index (χ4v) is 2.10. The second-order valence-corrected chi connectivity index (χ2v) is 4.26. The standard InChI is InChI=1S/C13H13ClN2O3/c1-8-13(19-3)9(14)7-11(16(8)17)10-5-4-6-12(15-10)18-2/h4-7H,1-3H3. The third kappa shape index (κ3) is 2.42. The molecule has 0 atom stereocenters. The number of rotatable bonds is 3. The maximum Gasteiger partial charge on any atom is 0.244 e. The van der Waals surface area contributed by atoms with E-state index in [0.717, 1.165) is 4.73 Å². The minimum absolute atomic E-state index is 0.349. The number of aromatic nitrogens is 2. The third-order valence-corrected chi connectivity index (χ3v) is 3.01. The second kappa shape index (κ2) is 5.32. The van der Waals surface area contributed by atoms with E-state index in [0.29, 0.717) is 33.7 Å². The predicted molar refractivity (Wildman–Crippen MR) is 71.5 cm³/mol. The summed E-state index contributed by atoms with van der Waals surface area (Å²) in [6.07, 6.45) is 0. The van der Waals surface area contributed by atoms with E-state index in [9.17, 15) is 5.21 Å². The van der Waals surface area contributed by atoms with Crippen molar-refractivity contribution in [2.24, 2.45) is 0 Å². The van der Waals surface area contributed by atoms with Crippen LogP contribution < -0.4 is 14.2 Å². The van der Waals surface area contributed by atoms with Gasteiger partial charge in [-0.2, -0.15) is 4.73 Å². The Bertz CT molecular complexity index is 617. The van der Waals surface area contributed by atoms with Crippen molar-refractivity contribution in [3.63, 3.8) is 0 Å². The summed E-state index contributed by atoms with van der Waals surface area (Å²) >= 11 is 6.09. The van der Waals surface area contributed by atoms with E-state index in [4.69, 9.17) is 21.1 Å². The fourth-order valence-electron chi connectivity index (χ4n) is 1.78. The van der Waals surface area contributed by atoms with Crippen LogP contribution in [0.3, 0.4) is 0 Å². The lowest BCUT2D eigenvalue weighted by Gasteiger charge is -2.11. The number of halogens is 1. The zero-order valence-electron chi connectivity index (χ0n) is 10.8. The van der Waals surface area contributed by atoms with Crippen molar-refractivity contribution in [3.8, 4) is 23.0 Å². The smallest absolute Gasteiger partial charge is 0.244 e. The highest BCUT2D eigenvalue weighted by Crippen LogP contribution is 2.29. The van der Waals surface area contributed by atoms with Crippen LogP contribution in [0.15, 0.2) is 24.3 Å². The highest BCUT2D eigenvalue weighted by Gasteiger charge is 2.21. The van der Waals surface area contributed by atoms with Gasteiger partial charge in [-0.05, 0) is 6.07 Å². The molecule has 0 unspecified atom stereocenters. The lowest BCUT2D eigenvalue weighted by molar-refractivity contribution is -0.601. The van der Waals surface area contributed by atoms with Gasteiger partial charge in [-0.1, -0.05) is 17.7 Å². The largest absolute Gasteiger partial charge is 0.618 e. The monoisotopic (exact) mass is 280 g/mol. The van der Waals surface area contributed by atoms with Gasteiger partial charge in [-0.15, -0.1) is 0 Å². The summed E-state index contributed by atoms with van der Waals surface area (Å²) in [5, 5.41) is 12.6. The van der Waals surface area contributed by atoms with E-state index in [1.54, 1.807) is 25.1 Å². The predicted octanol–water partition coefficient (Wildman–Crippen LogP) is 2.36. The quantitative estimate of drug-likeness (QED) is 0.640. The maximum absolute atomic E-state index is 12.2. The lowest BCUT2D eigenvalue weighted by atomic mass is 10.2. The Morgan fingerprint density at radius 3 is 2.63 bits per heavy atom. The Kier molecular flexibility index (Phi) is 3.76. The van der Waals surface area contributed by atoms with Gasteiger partial charge in [-0.25, -0.2) is 4.98 Å². The zero-order valence-corrected chi connectivity index (χ0v) is 11.6. The molecule has 0 spiro atoms. The number of pyridine rings is 2. The summed E-state index contributed by atoms with van der Waals surface area (Å²) in [6.45, 7) is 1.64. The van der Waals surface area contributed by atoms with Gasteiger partial charge in [0.05, 0.1) is 19.2 Å². The highest BCUT2D eigenvalue weighted by atomic mass is 35.5. The molecule has 0 aliphatic rings. The molecule has 2 aromatic heterocycles. The van der Waals surface area contributed by atoms with E-state index in [1.807, 2.05) is 0 Å². The first kappa shape index (κ1) is 13.4. The van der Waals surface area contributed by atoms with Crippen LogP contribution in [0, 0.1) is 12.1 Å². The molecule has 0 saturated heterocycles. The zero-order chi connectivity index (χ0) is 14.0. The first-order valence-corrected chi connectivity index (χ1v) is 5.94. The molecule has 0 bridgehead atoms. The molecular formula is C13H13ClN2O3. The highest BCUT2D eigenvalue weighted by molar-refractivity contribution is 6.32. The molecule has 6 heteroatoms. The van der Waals surface area contributed by atoms with Crippen LogP contribution in [-0.4, -0.2) is 19.2 Å². The molecule has 0 saturated carbocycles. The number of hydrogen-bond donors (Lipinski definition) is 0. The van der Waals surface area contributed by atoms with Crippen LogP contribution in [0.1, 0.15) is 5.69 Å². The molecule has 0 aliphatic carbocycles. The van der Waals surface area contributed by atoms with E-state index in [1.165, 1.54) is 20.3 Å². The molecule has 0 aliphatic heterocycles. The molecule has 0 N–H and O–H groups in total. The molecule has 0 amide bonds. The van der Waals surface area contributed by atoms with E-state index in [-0.39, 0.29) is 0 Å². The van der Waals surface area contributed by atoms with Crippen molar-refractivity contribution in [2.45, 2.75) is 6.92 Å². The van der Waals surface area contributed by atoms with E-state index in [2.05, 4.69) is 4.98 Å². The first-order chi connectivity index (χ1) is 9.08. The second-order valence-electron chi connectivity index (χ2n) is 3.86. The molecule has 19 heavy (non-hydrogen) atoms. The number of methoxy groups -OCH3 is 2. The van der Waals surface area contributed by atoms with Crippen molar-refractivity contribution < 1.29 is 14.2 Å². The summed E-state index contributed by atoms with van der Waals surface area (Å²) in [5.41, 5.74) is 1.22. The maximum atomic E-state index is 12.2. The molecule has 100 valence electrons. The molecule has 0 aromatic carbocycles. The normalized spacial score (nSPS) is 10.3. The van der Waals surface area contributed by atoms with Crippen molar-refractivity contribution in [1.29, 1.82) is 0 Å². The van der Waals surface area contributed by atoms with Crippen molar-refractivity contribution >= 4 is 11.6 Å². The Morgan fingerprint density at radius 2 is 2.00 bits per heavy atom. The molecule has 2 heterocycles. The van der Waals surface area contributed by atoms with Gasteiger partial charge in [0, 0.05) is 19.1 Å². The molecule has 0 radical (unpaired) electrons. The minimum Gasteiger partial charge on any atom is -0.618 e. The summed E-state index contributed by atoms with van der Waals surface area (Å²) in [6, 6.07) is 6.71. The SMILES string of the molecule is COc1cccc(-c2cc(Cl)c(OC)c(C)[n+]2[O-])n1. The van der Waals surface area contributed by atoms with E-state index >= 15 is 0 Å². The Balaban J connectivity index is 2.62. The van der Waals surface area contributed by atoms with Gasteiger partial charge in [0.2, 0.25) is 23.0 Å². The van der Waals surface area contributed by atoms with Crippen LogP contribution in [-0.2, 0) is 0 Å². The van der Waals surface area contributed by atoms with Crippen LogP contribution in [0.5, 0.6) is 11.6 Å². The van der Waals surface area contributed by atoms with Gasteiger partial charge in [0.1, 0.15) is 5.69 Å². The summed E-state index contributed by atoms with van der Waals surface area (Å²) in [4.78, 5) is 4.22. The van der Waals surface area contributed by atoms with Gasteiger partial charge in [0.15, 0.2) is 0 Å². The molecule has 5 nitrogen and oxygen atoms in total. The van der Waals surface area contributed by atoms with Crippen molar-refractivity contribution in [3.05, 3.63) is 40.2 Å². The number of hydrogen-bond acceptors (Lipinski definition) is 4. The first-order valence-electron chi connectivity index (χ1n) is 5.56. The van der Waals surface area contributed by atoms with Gasteiger partial charge >= 0.3 is 0 Å². The van der Waals surface area contributed by atoms with Gasteiger partial charge in [-0.3, -0.25) is 0 Å². The average molecular weight is 281 g/mol. The molecule has 0 fully saturated rings. The Labute approximate surface area is 116 Å². The summed E-state index contributed by atoms with van der Waals surface area (Å²) in [5.74, 6) is 0.797. The Morgan fingerprint density at radius 1 is 1.26 bits per heavy atom. The molecule has 2 rings (SSSR count). The Hall–Kier alpha value is -2.01. The molecular weight excluding hydrogens is 268 g/mol. The van der Waals surface area contributed by atoms with Crippen molar-refractivity contribution in [1.82, 2.24) is 4.98 Å².